The van der Waals surface area contributed by atoms with Gasteiger partial charge in [0.1, 0.15) is 12.4 Å². The van der Waals surface area contributed by atoms with Crippen molar-refractivity contribution in [1.82, 2.24) is 19.4 Å². The molecule has 128 valence electrons. The number of nitrogens with zero attached hydrogens (tertiary/aromatic N) is 4. The van der Waals surface area contributed by atoms with Crippen molar-refractivity contribution in [1.29, 1.82) is 0 Å². The maximum absolute atomic E-state index is 13.0. The van der Waals surface area contributed by atoms with E-state index in [9.17, 15) is 4.79 Å². The molecule has 2 fully saturated rings. The van der Waals surface area contributed by atoms with E-state index < -0.39 is 0 Å². The van der Waals surface area contributed by atoms with Crippen LogP contribution in [-0.4, -0.2) is 57.5 Å². The zero-order valence-electron chi connectivity index (χ0n) is 14.6. The van der Waals surface area contributed by atoms with Crippen molar-refractivity contribution >= 4 is 16.9 Å². The number of amides is 1. The summed E-state index contributed by atoms with van der Waals surface area (Å²) in [6, 6.07) is 8.99. The van der Waals surface area contributed by atoms with Crippen LogP contribution in [0, 0.1) is 6.92 Å². The number of para-hydroxylation sites is 2. The summed E-state index contributed by atoms with van der Waals surface area (Å²) in [5.41, 5.74) is 2.02. The van der Waals surface area contributed by atoms with Crippen molar-refractivity contribution in [2.24, 2.45) is 0 Å². The molecule has 0 unspecified atom stereocenters. The average molecular weight is 326 g/mol. The van der Waals surface area contributed by atoms with Gasteiger partial charge in [0.25, 0.3) is 0 Å². The van der Waals surface area contributed by atoms with Gasteiger partial charge >= 0.3 is 0 Å². The summed E-state index contributed by atoms with van der Waals surface area (Å²) in [6.07, 6.45) is 4.75. The van der Waals surface area contributed by atoms with Crippen LogP contribution in [0.5, 0.6) is 0 Å². The topological polar surface area (TPSA) is 41.4 Å². The van der Waals surface area contributed by atoms with E-state index in [-0.39, 0.29) is 5.91 Å². The van der Waals surface area contributed by atoms with Gasteiger partial charge in [-0.1, -0.05) is 12.1 Å². The van der Waals surface area contributed by atoms with E-state index >= 15 is 0 Å². The maximum atomic E-state index is 13.0. The highest BCUT2D eigenvalue weighted by Gasteiger charge is 2.38. The molecule has 0 bridgehead atoms. The highest BCUT2D eigenvalue weighted by Crippen LogP contribution is 2.29. The predicted molar refractivity (Wildman–Crippen MR) is 94.9 cm³/mol. The van der Waals surface area contributed by atoms with Gasteiger partial charge in [-0.15, -0.1) is 0 Å². The highest BCUT2D eigenvalue weighted by atomic mass is 16.2. The van der Waals surface area contributed by atoms with Gasteiger partial charge < -0.3 is 14.4 Å². The number of fused-ring (bicyclic) bond motifs is 1. The Morgan fingerprint density at radius 1 is 1.17 bits per heavy atom. The molecule has 0 aliphatic carbocycles. The molecule has 2 aliphatic rings. The SMILES string of the molecule is Cc1nc2ccccc2n1CC(=O)N1CCC[C@@H]1[C@@H]1CCCN1C. The van der Waals surface area contributed by atoms with E-state index in [4.69, 9.17) is 0 Å². The fourth-order valence-electron chi connectivity index (χ4n) is 4.55. The molecule has 1 aromatic heterocycles. The lowest BCUT2D eigenvalue weighted by atomic mass is 10.0. The lowest BCUT2D eigenvalue weighted by Crippen LogP contribution is -2.48. The quantitative estimate of drug-likeness (QED) is 0.870. The summed E-state index contributed by atoms with van der Waals surface area (Å²) in [5.74, 6) is 1.15. The zero-order chi connectivity index (χ0) is 16.7. The summed E-state index contributed by atoms with van der Waals surface area (Å²) >= 11 is 0. The standard InChI is InChI=1S/C19H26N4O/c1-14-20-15-7-3-4-8-16(15)23(14)13-19(24)22-12-6-10-18(22)17-9-5-11-21(17)2/h3-4,7-8,17-18H,5-6,9-13H2,1-2H3/t17-,18+/m0/s1. The van der Waals surface area contributed by atoms with Crippen molar-refractivity contribution < 1.29 is 4.79 Å². The fourth-order valence-corrected chi connectivity index (χ4v) is 4.55. The van der Waals surface area contributed by atoms with Crippen molar-refractivity contribution in [2.45, 2.75) is 51.2 Å². The third kappa shape index (κ3) is 2.61. The molecule has 5 heteroatoms. The number of aryl methyl sites for hydroxylation is 1. The van der Waals surface area contributed by atoms with Crippen LogP contribution in [0.25, 0.3) is 11.0 Å². The van der Waals surface area contributed by atoms with Crippen LogP contribution in [0.3, 0.4) is 0 Å². The van der Waals surface area contributed by atoms with Gasteiger partial charge in [-0.05, 0) is 58.3 Å². The van der Waals surface area contributed by atoms with Crippen LogP contribution >= 0.6 is 0 Å². The van der Waals surface area contributed by atoms with Crippen molar-refractivity contribution in [3.8, 4) is 0 Å². The van der Waals surface area contributed by atoms with E-state index in [0.717, 1.165) is 42.8 Å². The Morgan fingerprint density at radius 3 is 2.71 bits per heavy atom. The number of aromatic nitrogens is 2. The predicted octanol–water partition coefficient (Wildman–Crippen LogP) is 2.43. The van der Waals surface area contributed by atoms with Crippen LogP contribution in [-0.2, 0) is 11.3 Å². The summed E-state index contributed by atoms with van der Waals surface area (Å²) in [6.45, 7) is 4.45. The molecule has 2 saturated heterocycles. The lowest BCUT2D eigenvalue weighted by Gasteiger charge is -2.33. The number of hydrogen-bond acceptors (Lipinski definition) is 3. The van der Waals surface area contributed by atoms with Gasteiger partial charge in [-0.3, -0.25) is 4.79 Å². The number of hydrogen-bond donors (Lipinski definition) is 0. The lowest BCUT2D eigenvalue weighted by molar-refractivity contribution is -0.133. The number of rotatable bonds is 3. The van der Waals surface area contributed by atoms with E-state index in [1.54, 1.807) is 0 Å². The molecule has 3 heterocycles. The zero-order valence-corrected chi connectivity index (χ0v) is 14.6. The van der Waals surface area contributed by atoms with E-state index in [1.807, 2.05) is 25.1 Å². The number of imidazole rings is 1. The molecular formula is C19H26N4O. The second-order valence-corrected chi connectivity index (χ2v) is 7.22. The second kappa shape index (κ2) is 6.20. The number of likely N-dealkylation sites (N-methyl/N-ethyl adjacent to an activating group) is 1. The molecule has 2 aromatic rings. The van der Waals surface area contributed by atoms with Gasteiger partial charge in [0, 0.05) is 18.6 Å². The first-order valence-corrected chi connectivity index (χ1v) is 9.07. The summed E-state index contributed by atoms with van der Waals surface area (Å²) in [4.78, 5) is 22.2. The Kier molecular flexibility index (Phi) is 4.04. The van der Waals surface area contributed by atoms with Crippen LogP contribution < -0.4 is 0 Å². The monoisotopic (exact) mass is 326 g/mol. The van der Waals surface area contributed by atoms with E-state index in [0.29, 0.717) is 18.6 Å². The minimum Gasteiger partial charge on any atom is -0.337 e. The molecule has 2 aliphatic heterocycles. The summed E-state index contributed by atoms with van der Waals surface area (Å²) in [7, 11) is 2.20. The molecule has 0 spiro atoms. The third-order valence-electron chi connectivity index (χ3n) is 5.78. The molecule has 4 rings (SSSR count). The first-order valence-electron chi connectivity index (χ1n) is 9.07. The molecular weight excluding hydrogens is 300 g/mol. The largest absolute Gasteiger partial charge is 0.337 e. The first kappa shape index (κ1) is 15.6. The first-order chi connectivity index (χ1) is 11.6. The number of likely N-dealkylation sites (tertiary alicyclic amines) is 2. The Balaban J connectivity index is 1.55. The molecule has 2 atom stereocenters. The Hall–Kier alpha value is -1.88. The van der Waals surface area contributed by atoms with Crippen LogP contribution in [0.2, 0.25) is 0 Å². The molecule has 0 radical (unpaired) electrons. The highest BCUT2D eigenvalue weighted by molar-refractivity contribution is 5.81. The fraction of sp³-hybridized carbons (Fsp3) is 0.579. The normalized spacial score (nSPS) is 25.0. The molecule has 0 saturated carbocycles. The van der Waals surface area contributed by atoms with Gasteiger partial charge in [-0.25, -0.2) is 4.98 Å². The minimum atomic E-state index is 0.240. The smallest absolute Gasteiger partial charge is 0.242 e. The molecule has 1 amide bonds. The number of carbonyl (C=O) groups is 1. The van der Waals surface area contributed by atoms with Gasteiger partial charge in [0.2, 0.25) is 5.91 Å². The van der Waals surface area contributed by atoms with Gasteiger partial charge in [0.15, 0.2) is 0 Å². The maximum Gasteiger partial charge on any atom is 0.242 e. The molecule has 0 N–H and O–H groups in total. The van der Waals surface area contributed by atoms with Gasteiger partial charge in [-0.2, -0.15) is 0 Å². The van der Waals surface area contributed by atoms with E-state index in [1.165, 1.54) is 12.8 Å². The number of carbonyl (C=O) groups excluding carboxylic acids is 1. The van der Waals surface area contributed by atoms with Gasteiger partial charge in [0.05, 0.1) is 11.0 Å². The Morgan fingerprint density at radius 2 is 1.92 bits per heavy atom. The van der Waals surface area contributed by atoms with E-state index in [2.05, 4.69) is 32.5 Å². The Bertz CT molecular complexity index is 753. The molecule has 24 heavy (non-hydrogen) atoms. The average Bonchev–Trinajstić information content (AvgIpc) is 3.27. The summed E-state index contributed by atoms with van der Waals surface area (Å²) in [5, 5.41) is 0. The van der Waals surface area contributed by atoms with Crippen molar-refractivity contribution in [3.05, 3.63) is 30.1 Å². The van der Waals surface area contributed by atoms with Crippen molar-refractivity contribution in [3.63, 3.8) is 0 Å². The van der Waals surface area contributed by atoms with Crippen LogP contribution in [0.1, 0.15) is 31.5 Å². The Labute approximate surface area is 143 Å². The minimum absolute atomic E-state index is 0.240. The van der Waals surface area contributed by atoms with Crippen LogP contribution in [0.15, 0.2) is 24.3 Å². The van der Waals surface area contributed by atoms with Crippen LogP contribution in [0.4, 0.5) is 0 Å². The second-order valence-electron chi connectivity index (χ2n) is 7.22. The summed E-state index contributed by atoms with van der Waals surface area (Å²) < 4.78 is 2.06. The molecule has 1 aromatic carbocycles. The number of benzene rings is 1. The van der Waals surface area contributed by atoms with Crippen molar-refractivity contribution in [2.75, 3.05) is 20.1 Å². The molecule has 5 nitrogen and oxygen atoms in total. The third-order valence-corrected chi connectivity index (χ3v) is 5.78.